The first kappa shape index (κ1) is 14.7. The lowest BCUT2D eigenvalue weighted by atomic mass is 10.0. The molecule has 1 saturated heterocycles. The average molecular weight is 294 g/mol. The van der Waals surface area contributed by atoms with E-state index in [-0.39, 0.29) is 23.0 Å². The number of anilines is 1. The highest BCUT2D eigenvalue weighted by atomic mass is 16.6. The number of carbonyl (C=O) groups excluding carboxylic acids is 1. The summed E-state index contributed by atoms with van der Waals surface area (Å²) < 4.78 is 0. The van der Waals surface area contributed by atoms with Gasteiger partial charge in [-0.25, -0.2) is 9.78 Å². The van der Waals surface area contributed by atoms with E-state index >= 15 is 0 Å². The monoisotopic (exact) mass is 294 g/mol. The number of hydrogen-bond donors (Lipinski definition) is 2. The van der Waals surface area contributed by atoms with E-state index in [4.69, 9.17) is 5.73 Å². The average Bonchev–Trinajstić information content (AvgIpc) is 2.79. The van der Waals surface area contributed by atoms with Gasteiger partial charge in [0.25, 0.3) is 11.6 Å². The van der Waals surface area contributed by atoms with Gasteiger partial charge in [0.1, 0.15) is 18.1 Å². The third-order valence-corrected chi connectivity index (χ3v) is 3.55. The van der Waals surface area contributed by atoms with Crippen LogP contribution in [0.25, 0.3) is 0 Å². The minimum atomic E-state index is -1.03. The molecule has 2 rings (SSSR count). The van der Waals surface area contributed by atoms with Crippen LogP contribution in [0.15, 0.2) is 12.3 Å². The van der Waals surface area contributed by atoms with Gasteiger partial charge in [-0.05, 0) is 12.3 Å². The molecule has 1 fully saturated rings. The first-order chi connectivity index (χ1) is 9.82. The number of nitrogens with two attached hydrogens (primary N) is 1. The van der Waals surface area contributed by atoms with Crippen LogP contribution < -0.4 is 10.6 Å². The van der Waals surface area contributed by atoms with Crippen molar-refractivity contribution in [1.29, 1.82) is 0 Å². The Labute approximate surface area is 119 Å². The first-order valence-electron chi connectivity index (χ1n) is 6.26. The van der Waals surface area contributed by atoms with E-state index in [2.05, 4.69) is 4.98 Å². The van der Waals surface area contributed by atoms with Gasteiger partial charge in [-0.15, -0.1) is 0 Å². The molecule has 0 aliphatic carbocycles. The second kappa shape index (κ2) is 5.35. The molecule has 1 aromatic rings. The summed E-state index contributed by atoms with van der Waals surface area (Å²) in [5.41, 5.74) is 4.71. The number of aliphatic carboxylic acids is 1. The molecule has 2 heterocycles. The van der Waals surface area contributed by atoms with Crippen LogP contribution in [0, 0.1) is 16.0 Å². The van der Waals surface area contributed by atoms with Gasteiger partial charge in [0.2, 0.25) is 0 Å². The highest BCUT2D eigenvalue weighted by Crippen LogP contribution is 2.32. The SMILES string of the molecule is CC1CCN(c2ncc([N+](=O)[O-])cc2C(N)=O)C1C(=O)O. The fourth-order valence-electron chi connectivity index (χ4n) is 2.52. The van der Waals surface area contributed by atoms with E-state index in [1.54, 1.807) is 6.92 Å². The maximum atomic E-state index is 11.5. The Morgan fingerprint density at radius 3 is 2.76 bits per heavy atom. The van der Waals surface area contributed by atoms with Gasteiger partial charge in [-0.1, -0.05) is 6.92 Å². The number of amides is 1. The minimum absolute atomic E-state index is 0.0739. The normalized spacial score (nSPS) is 21.3. The first-order valence-corrected chi connectivity index (χ1v) is 6.26. The van der Waals surface area contributed by atoms with Gasteiger partial charge in [-0.3, -0.25) is 14.9 Å². The molecule has 0 aromatic carbocycles. The quantitative estimate of drug-likeness (QED) is 0.604. The molecule has 2 atom stereocenters. The number of hydrogen-bond acceptors (Lipinski definition) is 6. The molecule has 9 nitrogen and oxygen atoms in total. The molecular weight excluding hydrogens is 280 g/mol. The highest BCUT2D eigenvalue weighted by molar-refractivity contribution is 5.99. The Hall–Kier alpha value is -2.71. The molecule has 0 radical (unpaired) electrons. The number of primary amides is 1. The molecule has 21 heavy (non-hydrogen) atoms. The predicted octanol–water partition coefficient (Wildman–Crippen LogP) is 0.388. The third kappa shape index (κ3) is 2.62. The lowest BCUT2D eigenvalue weighted by molar-refractivity contribution is -0.385. The smallest absolute Gasteiger partial charge is 0.326 e. The molecule has 1 aliphatic heterocycles. The van der Waals surface area contributed by atoms with Gasteiger partial charge in [0, 0.05) is 12.6 Å². The Bertz CT molecular complexity index is 618. The summed E-state index contributed by atoms with van der Waals surface area (Å²) in [5.74, 6) is -1.97. The van der Waals surface area contributed by atoms with Crippen molar-refractivity contribution in [2.75, 3.05) is 11.4 Å². The molecule has 0 spiro atoms. The van der Waals surface area contributed by atoms with Crippen LogP contribution in [0.2, 0.25) is 0 Å². The van der Waals surface area contributed by atoms with Crippen LogP contribution in [0.4, 0.5) is 11.5 Å². The lowest BCUT2D eigenvalue weighted by Crippen LogP contribution is -2.40. The summed E-state index contributed by atoms with van der Waals surface area (Å²) in [6.45, 7) is 2.18. The van der Waals surface area contributed by atoms with Crippen LogP contribution in [0.3, 0.4) is 0 Å². The van der Waals surface area contributed by atoms with Gasteiger partial charge in [-0.2, -0.15) is 0 Å². The zero-order valence-electron chi connectivity index (χ0n) is 11.2. The molecule has 3 N–H and O–H groups in total. The number of nitrogens with zero attached hydrogens (tertiary/aromatic N) is 3. The summed E-state index contributed by atoms with van der Waals surface area (Å²) in [6, 6.07) is 0.184. The van der Waals surface area contributed by atoms with Crippen LogP contribution in [-0.2, 0) is 4.79 Å². The van der Waals surface area contributed by atoms with E-state index in [0.29, 0.717) is 13.0 Å². The van der Waals surface area contributed by atoms with Crippen molar-refractivity contribution in [2.45, 2.75) is 19.4 Å². The fraction of sp³-hybridized carbons (Fsp3) is 0.417. The van der Waals surface area contributed by atoms with Gasteiger partial charge in [0.05, 0.1) is 10.5 Å². The van der Waals surface area contributed by atoms with Gasteiger partial charge < -0.3 is 15.7 Å². The molecule has 9 heteroatoms. The van der Waals surface area contributed by atoms with E-state index in [9.17, 15) is 24.8 Å². The van der Waals surface area contributed by atoms with Crippen molar-refractivity contribution in [3.63, 3.8) is 0 Å². The highest BCUT2D eigenvalue weighted by Gasteiger charge is 2.39. The van der Waals surface area contributed by atoms with E-state index < -0.39 is 22.8 Å². The number of carboxylic acid groups (broad SMARTS) is 1. The van der Waals surface area contributed by atoms with Crippen molar-refractivity contribution in [2.24, 2.45) is 11.7 Å². The summed E-state index contributed by atoms with van der Waals surface area (Å²) in [5, 5.41) is 20.0. The Morgan fingerprint density at radius 1 is 1.57 bits per heavy atom. The molecule has 0 bridgehead atoms. The van der Waals surface area contributed by atoms with Crippen LogP contribution in [-0.4, -0.2) is 39.5 Å². The molecule has 1 aromatic heterocycles. The van der Waals surface area contributed by atoms with Crippen molar-refractivity contribution < 1.29 is 19.6 Å². The minimum Gasteiger partial charge on any atom is -0.480 e. The Morgan fingerprint density at radius 2 is 2.24 bits per heavy atom. The number of nitro groups is 1. The second-order valence-electron chi connectivity index (χ2n) is 4.93. The van der Waals surface area contributed by atoms with E-state index in [1.165, 1.54) is 4.90 Å². The van der Waals surface area contributed by atoms with Crippen molar-refractivity contribution >= 4 is 23.4 Å². The largest absolute Gasteiger partial charge is 0.480 e. The third-order valence-electron chi connectivity index (χ3n) is 3.55. The number of carboxylic acids is 1. The van der Waals surface area contributed by atoms with Crippen LogP contribution in [0.5, 0.6) is 0 Å². The van der Waals surface area contributed by atoms with Gasteiger partial charge in [0.15, 0.2) is 0 Å². The lowest BCUT2D eigenvalue weighted by Gasteiger charge is -2.25. The van der Waals surface area contributed by atoms with Crippen molar-refractivity contribution in [1.82, 2.24) is 4.98 Å². The number of aromatic nitrogens is 1. The van der Waals surface area contributed by atoms with Crippen LogP contribution in [0.1, 0.15) is 23.7 Å². The zero-order valence-corrected chi connectivity index (χ0v) is 11.2. The summed E-state index contributed by atoms with van der Waals surface area (Å²) in [6.07, 6.45) is 1.61. The Kier molecular flexibility index (Phi) is 3.74. The Balaban J connectivity index is 2.50. The number of pyridine rings is 1. The summed E-state index contributed by atoms with van der Waals surface area (Å²) >= 11 is 0. The molecular formula is C12H14N4O5. The molecule has 0 saturated carbocycles. The second-order valence-corrected chi connectivity index (χ2v) is 4.93. The van der Waals surface area contributed by atoms with Crippen LogP contribution >= 0.6 is 0 Å². The fourth-order valence-corrected chi connectivity index (χ4v) is 2.52. The summed E-state index contributed by atoms with van der Waals surface area (Å²) in [7, 11) is 0. The standard InChI is InChI=1S/C12H14N4O5/c1-6-2-3-15(9(6)12(18)19)11-8(10(13)17)4-7(5-14-11)16(20)21/h4-6,9H,2-3H2,1H3,(H2,13,17)(H,18,19). The van der Waals surface area contributed by atoms with E-state index in [1.807, 2.05) is 0 Å². The zero-order chi connectivity index (χ0) is 15.7. The molecule has 1 aliphatic rings. The van der Waals surface area contributed by atoms with Crippen molar-refractivity contribution in [3.05, 3.63) is 27.9 Å². The van der Waals surface area contributed by atoms with E-state index in [0.717, 1.165) is 12.3 Å². The molecule has 1 amide bonds. The number of rotatable bonds is 4. The number of carbonyl (C=O) groups is 2. The topological polar surface area (TPSA) is 140 Å². The summed E-state index contributed by atoms with van der Waals surface area (Å²) in [4.78, 5) is 38.2. The molecule has 2 unspecified atom stereocenters. The molecule has 112 valence electrons. The van der Waals surface area contributed by atoms with Gasteiger partial charge >= 0.3 is 5.97 Å². The predicted molar refractivity (Wildman–Crippen MR) is 72.0 cm³/mol. The maximum absolute atomic E-state index is 11.5. The van der Waals surface area contributed by atoms with Crippen molar-refractivity contribution in [3.8, 4) is 0 Å². The maximum Gasteiger partial charge on any atom is 0.326 e.